The summed E-state index contributed by atoms with van der Waals surface area (Å²) in [5.74, 6) is 1.11. The third-order valence-electron chi connectivity index (χ3n) is 5.02. The number of H-pyrrole nitrogens is 1. The van der Waals surface area contributed by atoms with E-state index in [1.54, 1.807) is 11.3 Å². The highest BCUT2D eigenvalue weighted by Crippen LogP contribution is 2.26. The van der Waals surface area contributed by atoms with E-state index in [0.29, 0.717) is 18.0 Å². The van der Waals surface area contributed by atoms with Crippen molar-refractivity contribution in [3.8, 4) is 5.75 Å². The quantitative estimate of drug-likeness (QED) is 0.415. The van der Waals surface area contributed by atoms with Crippen LogP contribution >= 0.6 is 11.3 Å². The molecule has 2 N–H and O–H groups in total. The predicted octanol–water partition coefficient (Wildman–Crippen LogP) is 5.80. The van der Waals surface area contributed by atoms with E-state index < -0.39 is 0 Å². The van der Waals surface area contributed by atoms with E-state index in [1.807, 2.05) is 42.5 Å². The summed E-state index contributed by atoms with van der Waals surface area (Å²) in [6.45, 7) is 7.07. The van der Waals surface area contributed by atoms with Crippen LogP contribution in [0.5, 0.6) is 5.75 Å². The summed E-state index contributed by atoms with van der Waals surface area (Å²) in [7, 11) is 0. The summed E-state index contributed by atoms with van der Waals surface area (Å²) in [6.07, 6.45) is 0.875. The average molecular weight is 420 g/mol. The summed E-state index contributed by atoms with van der Waals surface area (Å²) >= 11 is 1.69. The van der Waals surface area contributed by atoms with Crippen molar-refractivity contribution in [1.29, 1.82) is 0 Å². The van der Waals surface area contributed by atoms with Crippen molar-refractivity contribution < 1.29 is 9.53 Å². The second-order valence-electron chi connectivity index (χ2n) is 8.29. The van der Waals surface area contributed by atoms with Gasteiger partial charge in [-0.25, -0.2) is 0 Å². The monoisotopic (exact) mass is 419 g/mol. The Morgan fingerprint density at radius 2 is 1.93 bits per heavy atom. The van der Waals surface area contributed by atoms with Gasteiger partial charge in [-0.2, -0.15) is 16.4 Å². The highest BCUT2D eigenvalue weighted by Gasteiger charge is 2.15. The molecule has 6 heteroatoms. The minimum absolute atomic E-state index is 0.0525. The molecule has 0 aliphatic carbocycles. The highest BCUT2D eigenvalue weighted by molar-refractivity contribution is 7.07. The first-order chi connectivity index (χ1) is 14.4. The fourth-order valence-corrected chi connectivity index (χ4v) is 3.91. The molecule has 4 aromatic rings. The maximum Gasteiger partial charge on any atom is 0.256 e. The normalized spacial score (nSPS) is 11.6. The smallest absolute Gasteiger partial charge is 0.256 e. The Labute approximate surface area is 180 Å². The number of benzene rings is 2. The van der Waals surface area contributed by atoms with Gasteiger partial charge in [0.25, 0.3) is 5.91 Å². The van der Waals surface area contributed by atoms with E-state index in [-0.39, 0.29) is 11.3 Å². The van der Waals surface area contributed by atoms with Gasteiger partial charge in [0.05, 0.1) is 12.1 Å². The first kappa shape index (κ1) is 20.2. The van der Waals surface area contributed by atoms with E-state index in [2.05, 4.69) is 53.1 Å². The van der Waals surface area contributed by atoms with E-state index in [1.165, 1.54) is 11.1 Å². The molecular weight excluding hydrogens is 394 g/mol. The van der Waals surface area contributed by atoms with Crippen molar-refractivity contribution in [2.24, 2.45) is 0 Å². The predicted molar refractivity (Wildman–Crippen MR) is 123 cm³/mol. The van der Waals surface area contributed by atoms with Crippen LogP contribution in [0.4, 0.5) is 5.82 Å². The fourth-order valence-electron chi connectivity index (χ4n) is 3.21. The van der Waals surface area contributed by atoms with Crippen LogP contribution in [-0.2, 0) is 11.8 Å². The molecule has 0 fully saturated rings. The second kappa shape index (κ2) is 8.32. The van der Waals surface area contributed by atoms with Crippen molar-refractivity contribution in [3.63, 3.8) is 0 Å². The Hall–Kier alpha value is -3.12. The van der Waals surface area contributed by atoms with Gasteiger partial charge >= 0.3 is 0 Å². The largest absolute Gasteiger partial charge is 0.493 e. The topological polar surface area (TPSA) is 67.0 Å². The van der Waals surface area contributed by atoms with Crippen molar-refractivity contribution in [1.82, 2.24) is 10.2 Å². The molecule has 2 aromatic heterocycles. The summed E-state index contributed by atoms with van der Waals surface area (Å²) in [6, 6.07) is 15.5. The van der Waals surface area contributed by atoms with Crippen LogP contribution in [0.3, 0.4) is 0 Å². The van der Waals surface area contributed by atoms with Gasteiger partial charge in [-0.15, -0.1) is 0 Å². The van der Waals surface area contributed by atoms with Gasteiger partial charge in [0.2, 0.25) is 0 Å². The Balaban J connectivity index is 1.42. The molecule has 2 heterocycles. The number of nitrogens with one attached hydrogen (secondary N) is 2. The molecule has 0 saturated heterocycles. The number of aromatic amines is 1. The number of carbonyl (C=O) groups excluding carboxylic acids is 1. The number of nitrogens with zero attached hydrogens (tertiary/aromatic N) is 1. The van der Waals surface area contributed by atoms with Gasteiger partial charge in [0.1, 0.15) is 5.75 Å². The van der Waals surface area contributed by atoms with E-state index >= 15 is 0 Å². The third kappa shape index (κ3) is 4.54. The molecule has 0 saturated carbocycles. The molecule has 0 aliphatic heterocycles. The number of amides is 1. The number of rotatable bonds is 6. The van der Waals surface area contributed by atoms with Crippen LogP contribution in [0.2, 0.25) is 0 Å². The zero-order chi connectivity index (χ0) is 21.1. The van der Waals surface area contributed by atoms with Crippen LogP contribution < -0.4 is 10.1 Å². The molecule has 0 radical (unpaired) electrons. The van der Waals surface area contributed by atoms with Gasteiger partial charge in [0.15, 0.2) is 5.82 Å². The highest BCUT2D eigenvalue weighted by atomic mass is 32.1. The minimum Gasteiger partial charge on any atom is -0.493 e. The Kier molecular flexibility index (Phi) is 5.59. The lowest BCUT2D eigenvalue weighted by Gasteiger charge is -2.18. The maximum absolute atomic E-state index is 12.6. The summed E-state index contributed by atoms with van der Waals surface area (Å²) in [4.78, 5) is 12.6. The zero-order valence-corrected chi connectivity index (χ0v) is 18.2. The molecule has 0 unspecified atom stereocenters. The van der Waals surface area contributed by atoms with Gasteiger partial charge in [-0.05, 0) is 57.6 Å². The number of fused-ring (bicyclic) bond motifs is 1. The van der Waals surface area contributed by atoms with Crippen molar-refractivity contribution in [2.45, 2.75) is 32.6 Å². The van der Waals surface area contributed by atoms with Gasteiger partial charge in [-0.1, -0.05) is 32.9 Å². The third-order valence-corrected chi connectivity index (χ3v) is 5.75. The zero-order valence-electron chi connectivity index (χ0n) is 17.4. The van der Waals surface area contributed by atoms with E-state index in [0.717, 1.165) is 23.1 Å². The number of anilines is 1. The number of hydrogen-bond donors (Lipinski definition) is 2. The first-order valence-corrected chi connectivity index (χ1v) is 10.9. The Morgan fingerprint density at radius 1 is 1.13 bits per heavy atom. The Morgan fingerprint density at radius 3 is 2.63 bits per heavy atom. The van der Waals surface area contributed by atoms with Gasteiger partial charge < -0.3 is 10.1 Å². The van der Waals surface area contributed by atoms with Crippen LogP contribution in [0.1, 0.15) is 42.3 Å². The maximum atomic E-state index is 12.6. The standard InChI is InChI=1S/C24H25N3O2S/c1-24(2,3)18-6-4-17(5-7-18)23(28)25-22-20-9-8-19(14-21(20)26-27-22)29-12-10-16-11-13-30-15-16/h4-9,11,13-15H,10,12H2,1-3H3,(H2,25,26,27,28). The molecule has 0 atom stereocenters. The molecule has 0 spiro atoms. The van der Waals surface area contributed by atoms with Gasteiger partial charge in [0, 0.05) is 23.4 Å². The van der Waals surface area contributed by atoms with Crippen LogP contribution in [0.25, 0.3) is 10.9 Å². The number of hydrogen-bond acceptors (Lipinski definition) is 4. The minimum atomic E-state index is -0.181. The molecular formula is C24H25N3O2S. The van der Waals surface area contributed by atoms with Crippen molar-refractivity contribution in [2.75, 3.05) is 11.9 Å². The summed E-state index contributed by atoms with van der Waals surface area (Å²) in [5.41, 5.74) is 3.95. The molecule has 0 bridgehead atoms. The number of ether oxygens (including phenoxy) is 1. The molecule has 30 heavy (non-hydrogen) atoms. The lowest BCUT2D eigenvalue weighted by molar-refractivity contribution is 0.102. The first-order valence-electron chi connectivity index (χ1n) is 9.94. The van der Waals surface area contributed by atoms with Crippen LogP contribution in [0, 0.1) is 0 Å². The number of thiophene rings is 1. The molecule has 2 aromatic carbocycles. The number of aromatic nitrogens is 2. The summed E-state index contributed by atoms with van der Waals surface area (Å²) < 4.78 is 5.86. The second-order valence-corrected chi connectivity index (χ2v) is 9.07. The van der Waals surface area contributed by atoms with Crippen LogP contribution in [0.15, 0.2) is 59.3 Å². The fraction of sp³-hybridized carbons (Fsp3) is 0.250. The van der Waals surface area contributed by atoms with Gasteiger partial charge in [-0.3, -0.25) is 9.89 Å². The molecule has 4 rings (SSSR count). The van der Waals surface area contributed by atoms with Crippen molar-refractivity contribution in [3.05, 3.63) is 76.0 Å². The SMILES string of the molecule is CC(C)(C)c1ccc(C(=O)Nc2n[nH]c3cc(OCCc4ccsc4)ccc23)cc1. The Bertz CT molecular complexity index is 1140. The van der Waals surface area contributed by atoms with Crippen molar-refractivity contribution >= 4 is 34.0 Å². The summed E-state index contributed by atoms with van der Waals surface area (Å²) in [5, 5.41) is 15.2. The number of carbonyl (C=O) groups is 1. The molecule has 1 amide bonds. The average Bonchev–Trinajstić information content (AvgIpc) is 3.37. The molecule has 154 valence electrons. The lowest BCUT2D eigenvalue weighted by Crippen LogP contribution is -2.14. The lowest BCUT2D eigenvalue weighted by atomic mass is 9.87. The van der Waals surface area contributed by atoms with E-state index in [9.17, 15) is 4.79 Å². The molecule has 5 nitrogen and oxygen atoms in total. The van der Waals surface area contributed by atoms with Crippen LogP contribution in [-0.4, -0.2) is 22.7 Å². The molecule has 0 aliphatic rings. The van der Waals surface area contributed by atoms with E-state index in [4.69, 9.17) is 4.74 Å².